The third-order valence-corrected chi connectivity index (χ3v) is 6.55. The Hall–Kier alpha value is -0.260. The molecule has 0 nitrogen and oxygen atoms in total. The summed E-state index contributed by atoms with van der Waals surface area (Å²) in [6.07, 6.45) is 38.1. The molecule has 2 radical (unpaired) electrons. The van der Waals surface area contributed by atoms with Crippen molar-refractivity contribution in [2.75, 3.05) is 0 Å². The summed E-state index contributed by atoms with van der Waals surface area (Å²) in [7, 11) is 0. The Bertz CT molecular complexity index is 316. The van der Waals surface area contributed by atoms with Crippen LogP contribution in [0.5, 0.6) is 0 Å². The fourth-order valence-corrected chi connectivity index (χ4v) is 4.37. The van der Waals surface area contributed by atoms with Gasteiger partial charge in [-0.3, -0.25) is 0 Å². The van der Waals surface area contributed by atoms with E-state index in [0.717, 1.165) is 18.8 Å². The van der Waals surface area contributed by atoms with E-state index in [2.05, 4.69) is 32.9 Å². The van der Waals surface area contributed by atoms with Crippen LogP contribution in [0, 0.1) is 19.8 Å². The van der Waals surface area contributed by atoms with Crippen LogP contribution in [0.1, 0.15) is 161 Å². The summed E-state index contributed by atoms with van der Waals surface area (Å²) in [6, 6.07) is 0. The van der Waals surface area contributed by atoms with Gasteiger partial charge in [0, 0.05) is 0 Å². The van der Waals surface area contributed by atoms with Crippen LogP contribution in [0.15, 0.2) is 12.2 Å². The van der Waals surface area contributed by atoms with Crippen molar-refractivity contribution < 1.29 is 0 Å². The Kier molecular flexibility index (Phi) is 26.5. The first-order valence-electron chi connectivity index (χ1n) is 14.0. The monoisotopic (exact) mass is 418 g/mol. The molecule has 30 heavy (non-hydrogen) atoms. The summed E-state index contributed by atoms with van der Waals surface area (Å²) in [6.45, 7) is 10.3. The molecule has 0 aromatic rings. The lowest BCUT2D eigenvalue weighted by Gasteiger charge is -2.10. The van der Waals surface area contributed by atoms with Crippen molar-refractivity contribution in [3.05, 3.63) is 26.0 Å². The van der Waals surface area contributed by atoms with E-state index in [4.69, 9.17) is 0 Å². The minimum Gasteiger partial charge on any atom is -0.0885 e. The van der Waals surface area contributed by atoms with Crippen LogP contribution in [0.2, 0.25) is 0 Å². The molecule has 0 spiro atoms. The molecular formula is C30H58. The van der Waals surface area contributed by atoms with Gasteiger partial charge in [0.2, 0.25) is 0 Å². The number of unbranched alkanes of at least 4 members (excludes halogenated alkanes) is 19. The lowest BCUT2D eigenvalue weighted by atomic mass is 9.96. The highest BCUT2D eigenvalue weighted by atomic mass is 14.1. The largest absolute Gasteiger partial charge is 0.0885 e. The average Bonchev–Trinajstić information content (AvgIpc) is 2.75. The van der Waals surface area contributed by atoms with E-state index in [9.17, 15) is 0 Å². The van der Waals surface area contributed by atoms with Gasteiger partial charge in [-0.05, 0) is 31.6 Å². The predicted molar refractivity (Wildman–Crippen MR) is 140 cm³/mol. The smallest absolute Gasteiger partial charge is 0.0351 e. The number of rotatable bonds is 25. The highest BCUT2D eigenvalue weighted by Gasteiger charge is 2.01. The van der Waals surface area contributed by atoms with Gasteiger partial charge in [-0.1, -0.05) is 161 Å². The second-order valence-electron chi connectivity index (χ2n) is 9.80. The first-order valence-corrected chi connectivity index (χ1v) is 14.0. The van der Waals surface area contributed by atoms with Crippen molar-refractivity contribution in [1.82, 2.24) is 0 Å². The standard InChI is InChI=1S/C30H58/c1-4-6-8-10-12-14-15-16-17-18-19-20-21-23-25-27-29-30(3)28-26-24-22-13-11-9-7-5-2/h13,22,30H,1-2,4-12,14-21,23-29H2,3H3. The van der Waals surface area contributed by atoms with Gasteiger partial charge in [-0.2, -0.15) is 0 Å². The molecule has 0 rings (SSSR count). The van der Waals surface area contributed by atoms with Crippen molar-refractivity contribution in [2.24, 2.45) is 5.92 Å². The zero-order chi connectivity index (χ0) is 22.0. The Morgan fingerprint density at radius 3 is 1.23 bits per heavy atom. The van der Waals surface area contributed by atoms with Crippen LogP contribution in [0.25, 0.3) is 0 Å². The molecule has 1 unspecified atom stereocenters. The second kappa shape index (κ2) is 26.8. The van der Waals surface area contributed by atoms with Crippen molar-refractivity contribution in [3.8, 4) is 0 Å². The topological polar surface area (TPSA) is 0 Å². The zero-order valence-corrected chi connectivity index (χ0v) is 21.1. The Morgan fingerprint density at radius 2 is 0.767 bits per heavy atom. The third-order valence-electron chi connectivity index (χ3n) is 6.55. The van der Waals surface area contributed by atoms with Gasteiger partial charge < -0.3 is 0 Å². The molecule has 0 heterocycles. The van der Waals surface area contributed by atoms with E-state index in [0.29, 0.717) is 0 Å². The van der Waals surface area contributed by atoms with Crippen LogP contribution < -0.4 is 0 Å². The molecule has 0 aliphatic carbocycles. The number of hydrogen-bond donors (Lipinski definition) is 0. The first kappa shape index (κ1) is 29.7. The van der Waals surface area contributed by atoms with Crippen molar-refractivity contribution in [2.45, 2.75) is 161 Å². The molecule has 0 aromatic carbocycles. The lowest BCUT2D eigenvalue weighted by molar-refractivity contribution is 0.443. The number of allylic oxidation sites excluding steroid dienone is 2. The molecule has 0 bridgehead atoms. The lowest BCUT2D eigenvalue weighted by Crippen LogP contribution is -1.94. The van der Waals surface area contributed by atoms with Crippen LogP contribution >= 0.6 is 0 Å². The van der Waals surface area contributed by atoms with E-state index >= 15 is 0 Å². The quantitative estimate of drug-likeness (QED) is 0.102. The predicted octanol–water partition coefficient (Wildman–Crippen LogP) is 11.2. The van der Waals surface area contributed by atoms with Gasteiger partial charge in [0.15, 0.2) is 0 Å². The van der Waals surface area contributed by atoms with Gasteiger partial charge >= 0.3 is 0 Å². The minimum absolute atomic E-state index is 0.924. The van der Waals surface area contributed by atoms with Gasteiger partial charge in [0.25, 0.3) is 0 Å². The maximum absolute atomic E-state index is 3.92. The molecule has 0 aliphatic heterocycles. The Labute approximate surface area is 193 Å². The molecule has 0 heteroatoms. The van der Waals surface area contributed by atoms with Crippen LogP contribution in [0.4, 0.5) is 0 Å². The molecule has 0 fully saturated rings. The molecule has 0 aliphatic rings. The highest BCUT2D eigenvalue weighted by molar-refractivity contribution is 4.81. The van der Waals surface area contributed by atoms with E-state index in [1.54, 1.807) is 0 Å². The molecule has 0 aromatic heterocycles. The molecule has 0 saturated heterocycles. The summed E-state index contributed by atoms with van der Waals surface area (Å²) >= 11 is 0. The fraction of sp³-hybridized carbons (Fsp3) is 0.867. The summed E-state index contributed by atoms with van der Waals surface area (Å²) < 4.78 is 0. The minimum atomic E-state index is 0.924. The van der Waals surface area contributed by atoms with E-state index in [1.807, 2.05) is 0 Å². The van der Waals surface area contributed by atoms with Gasteiger partial charge in [-0.25, -0.2) is 0 Å². The normalized spacial score (nSPS) is 12.8. The average molecular weight is 419 g/mol. The summed E-state index contributed by atoms with van der Waals surface area (Å²) in [5.41, 5.74) is 0. The molecule has 1 atom stereocenters. The van der Waals surface area contributed by atoms with Gasteiger partial charge in [-0.15, -0.1) is 0 Å². The van der Waals surface area contributed by atoms with Crippen LogP contribution in [0.3, 0.4) is 0 Å². The summed E-state index contributed by atoms with van der Waals surface area (Å²) in [5, 5.41) is 0. The maximum Gasteiger partial charge on any atom is -0.0351 e. The third kappa shape index (κ3) is 25.8. The van der Waals surface area contributed by atoms with Crippen LogP contribution in [-0.4, -0.2) is 0 Å². The molecule has 0 saturated carbocycles. The van der Waals surface area contributed by atoms with E-state index in [-0.39, 0.29) is 0 Å². The zero-order valence-electron chi connectivity index (χ0n) is 21.1. The molecule has 178 valence electrons. The Balaban J connectivity index is 3.16. The molecule has 0 N–H and O–H groups in total. The van der Waals surface area contributed by atoms with Crippen molar-refractivity contribution in [3.63, 3.8) is 0 Å². The first-order chi connectivity index (χ1) is 14.8. The second-order valence-corrected chi connectivity index (χ2v) is 9.80. The van der Waals surface area contributed by atoms with Crippen LogP contribution in [-0.2, 0) is 0 Å². The molecular weight excluding hydrogens is 360 g/mol. The highest BCUT2D eigenvalue weighted by Crippen LogP contribution is 2.18. The molecule has 0 amide bonds. The van der Waals surface area contributed by atoms with Crippen molar-refractivity contribution >= 4 is 0 Å². The van der Waals surface area contributed by atoms with Crippen molar-refractivity contribution in [1.29, 1.82) is 0 Å². The summed E-state index contributed by atoms with van der Waals surface area (Å²) in [4.78, 5) is 0. The summed E-state index contributed by atoms with van der Waals surface area (Å²) in [5.74, 6) is 0.924. The SMILES string of the molecule is [CH2]CCCCC=CCCCC(C)CCCCCCCCCCCCCCCCC[CH2]. The van der Waals surface area contributed by atoms with E-state index in [1.165, 1.54) is 141 Å². The fourth-order valence-electron chi connectivity index (χ4n) is 4.37. The number of hydrogen-bond acceptors (Lipinski definition) is 0. The van der Waals surface area contributed by atoms with E-state index < -0.39 is 0 Å². The van der Waals surface area contributed by atoms with Gasteiger partial charge in [0.1, 0.15) is 0 Å². The van der Waals surface area contributed by atoms with Gasteiger partial charge in [0.05, 0.1) is 0 Å². The Morgan fingerprint density at radius 1 is 0.433 bits per heavy atom. The maximum atomic E-state index is 3.92.